The Hall–Kier alpha value is -1.49. The van der Waals surface area contributed by atoms with Gasteiger partial charge in [0.05, 0.1) is 7.11 Å². The molecule has 1 saturated heterocycles. The number of nitrogen functional groups attached to an aromatic ring is 1. The first-order valence-electron chi connectivity index (χ1n) is 5.44. The highest BCUT2D eigenvalue weighted by Crippen LogP contribution is 2.27. The van der Waals surface area contributed by atoms with E-state index >= 15 is 0 Å². The van der Waals surface area contributed by atoms with E-state index in [-0.39, 0.29) is 0 Å². The molecule has 0 bridgehead atoms. The van der Waals surface area contributed by atoms with Gasteiger partial charge in [-0.05, 0) is 19.2 Å². The van der Waals surface area contributed by atoms with Gasteiger partial charge in [0.2, 0.25) is 5.88 Å². The highest BCUT2D eigenvalue weighted by molar-refractivity contribution is 5.58. The number of hydrogen-bond donors (Lipinski definition) is 1. The fraction of sp³-hybridized carbons (Fsp3) is 0.545. The zero-order chi connectivity index (χ0) is 11.5. The van der Waals surface area contributed by atoms with Gasteiger partial charge in [0.15, 0.2) is 0 Å². The molecule has 1 aromatic rings. The SMILES string of the molecule is COc1nc(N)ccc1N1CCN(C)CC1. The quantitative estimate of drug-likeness (QED) is 0.786. The van der Waals surface area contributed by atoms with Crippen LogP contribution in [-0.2, 0) is 0 Å². The van der Waals surface area contributed by atoms with Crippen molar-refractivity contribution in [3.63, 3.8) is 0 Å². The highest BCUT2D eigenvalue weighted by Gasteiger charge is 2.18. The minimum absolute atomic E-state index is 0.495. The van der Waals surface area contributed by atoms with E-state index in [1.54, 1.807) is 7.11 Å². The summed E-state index contributed by atoms with van der Waals surface area (Å²) < 4.78 is 5.26. The Morgan fingerprint density at radius 2 is 1.94 bits per heavy atom. The number of piperazine rings is 1. The largest absolute Gasteiger partial charge is 0.479 e. The summed E-state index contributed by atoms with van der Waals surface area (Å²) in [7, 11) is 3.76. The van der Waals surface area contributed by atoms with Crippen LogP contribution in [0.1, 0.15) is 0 Å². The van der Waals surface area contributed by atoms with E-state index in [4.69, 9.17) is 10.5 Å². The normalized spacial score (nSPS) is 17.5. The lowest BCUT2D eigenvalue weighted by molar-refractivity contribution is 0.310. The smallest absolute Gasteiger partial charge is 0.239 e. The zero-order valence-corrected chi connectivity index (χ0v) is 9.81. The number of ether oxygens (including phenoxy) is 1. The molecule has 0 unspecified atom stereocenters. The van der Waals surface area contributed by atoms with Gasteiger partial charge >= 0.3 is 0 Å². The van der Waals surface area contributed by atoms with E-state index in [2.05, 4.69) is 21.8 Å². The van der Waals surface area contributed by atoms with Gasteiger partial charge in [-0.15, -0.1) is 0 Å². The first kappa shape index (κ1) is 11.0. The number of methoxy groups -OCH3 is 1. The van der Waals surface area contributed by atoms with E-state index in [1.807, 2.05) is 12.1 Å². The molecule has 0 spiro atoms. The average Bonchev–Trinajstić information content (AvgIpc) is 2.30. The third-order valence-electron chi connectivity index (χ3n) is 2.90. The van der Waals surface area contributed by atoms with Crippen molar-refractivity contribution in [1.82, 2.24) is 9.88 Å². The van der Waals surface area contributed by atoms with Gasteiger partial charge in [0.1, 0.15) is 11.5 Å². The molecule has 2 rings (SSSR count). The van der Waals surface area contributed by atoms with Gasteiger partial charge in [0, 0.05) is 26.2 Å². The van der Waals surface area contributed by atoms with Crippen LogP contribution in [0.15, 0.2) is 12.1 Å². The number of aromatic nitrogens is 1. The minimum Gasteiger partial charge on any atom is -0.479 e. The predicted molar refractivity (Wildman–Crippen MR) is 64.9 cm³/mol. The van der Waals surface area contributed by atoms with Crippen molar-refractivity contribution in [3.8, 4) is 5.88 Å². The van der Waals surface area contributed by atoms with Crippen LogP contribution < -0.4 is 15.4 Å². The lowest BCUT2D eigenvalue weighted by Crippen LogP contribution is -2.44. The average molecular weight is 222 g/mol. The molecule has 88 valence electrons. The molecule has 0 radical (unpaired) electrons. The van der Waals surface area contributed by atoms with Crippen LogP contribution in [0, 0.1) is 0 Å². The molecular formula is C11H18N4O. The van der Waals surface area contributed by atoms with E-state index in [1.165, 1.54) is 0 Å². The standard InChI is InChI=1S/C11H18N4O/c1-14-5-7-15(8-6-14)9-3-4-10(12)13-11(9)16-2/h3-4H,5-8H2,1-2H3,(H2,12,13). The second-order valence-electron chi connectivity index (χ2n) is 4.05. The van der Waals surface area contributed by atoms with Crippen LogP contribution in [0.3, 0.4) is 0 Å². The topological polar surface area (TPSA) is 54.6 Å². The van der Waals surface area contributed by atoms with Crippen molar-refractivity contribution >= 4 is 11.5 Å². The summed E-state index contributed by atoms with van der Waals surface area (Å²) in [6, 6.07) is 3.79. The van der Waals surface area contributed by atoms with E-state index < -0.39 is 0 Å². The number of nitrogens with two attached hydrogens (primary N) is 1. The van der Waals surface area contributed by atoms with Crippen LogP contribution >= 0.6 is 0 Å². The van der Waals surface area contributed by atoms with Crippen LogP contribution in [0.2, 0.25) is 0 Å². The van der Waals surface area contributed by atoms with E-state index in [0.29, 0.717) is 11.7 Å². The first-order valence-corrected chi connectivity index (χ1v) is 5.44. The van der Waals surface area contributed by atoms with Crippen molar-refractivity contribution in [2.45, 2.75) is 0 Å². The molecule has 5 heteroatoms. The van der Waals surface area contributed by atoms with Crippen LogP contribution in [0.25, 0.3) is 0 Å². The summed E-state index contributed by atoms with van der Waals surface area (Å²) in [5.74, 6) is 1.11. The number of pyridine rings is 1. The van der Waals surface area contributed by atoms with Crippen LogP contribution in [0.5, 0.6) is 5.88 Å². The Bertz CT molecular complexity index is 361. The Morgan fingerprint density at radius 1 is 1.25 bits per heavy atom. The van der Waals surface area contributed by atoms with Gasteiger partial charge in [-0.1, -0.05) is 0 Å². The van der Waals surface area contributed by atoms with Gasteiger partial charge in [-0.25, -0.2) is 0 Å². The second-order valence-corrected chi connectivity index (χ2v) is 4.05. The van der Waals surface area contributed by atoms with Gasteiger partial charge in [-0.2, -0.15) is 4.98 Å². The molecule has 5 nitrogen and oxygen atoms in total. The van der Waals surface area contributed by atoms with E-state index in [0.717, 1.165) is 31.9 Å². The Balaban J connectivity index is 2.19. The molecule has 1 aliphatic heterocycles. The molecule has 0 amide bonds. The number of rotatable bonds is 2. The Kier molecular flexibility index (Phi) is 3.14. The monoisotopic (exact) mass is 222 g/mol. The second kappa shape index (κ2) is 4.57. The fourth-order valence-electron chi connectivity index (χ4n) is 1.89. The molecule has 2 heterocycles. The van der Waals surface area contributed by atoms with Gasteiger partial charge in [0.25, 0.3) is 0 Å². The number of likely N-dealkylation sites (N-methyl/N-ethyl adjacent to an activating group) is 1. The van der Waals surface area contributed by atoms with Crippen molar-refractivity contribution in [1.29, 1.82) is 0 Å². The number of anilines is 2. The summed E-state index contributed by atoms with van der Waals surface area (Å²) in [6.07, 6.45) is 0. The van der Waals surface area contributed by atoms with Crippen molar-refractivity contribution in [2.24, 2.45) is 0 Å². The van der Waals surface area contributed by atoms with Crippen molar-refractivity contribution in [3.05, 3.63) is 12.1 Å². The van der Waals surface area contributed by atoms with Crippen LogP contribution in [-0.4, -0.2) is 50.2 Å². The Morgan fingerprint density at radius 3 is 2.56 bits per heavy atom. The molecule has 1 aliphatic rings. The molecule has 0 aliphatic carbocycles. The fourth-order valence-corrected chi connectivity index (χ4v) is 1.89. The maximum absolute atomic E-state index is 5.64. The molecule has 16 heavy (non-hydrogen) atoms. The minimum atomic E-state index is 0.495. The Labute approximate surface area is 95.8 Å². The molecule has 0 aromatic carbocycles. The molecular weight excluding hydrogens is 204 g/mol. The summed E-state index contributed by atoms with van der Waals surface area (Å²) in [5.41, 5.74) is 6.67. The van der Waals surface area contributed by atoms with Crippen molar-refractivity contribution in [2.75, 3.05) is 51.0 Å². The molecule has 2 N–H and O–H groups in total. The van der Waals surface area contributed by atoms with E-state index in [9.17, 15) is 0 Å². The van der Waals surface area contributed by atoms with Gasteiger partial charge in [-0.3, -0.25) is 0 Å². The highest BCUT2D eigenvalue weighted by atomic mass is 16.5. The van der Waals surface area contributed by atoms with Crippen LogP contribution in [0.4, 0.5) is 11.5 Å². The maximum atomic E-state index is 5.64. The van der Waals surface area contributed by atoms with Gasteiger partial charge < -0.3 is 20.3 Å². The lowest BCUT2D eigenvalue weighted by atomic mass is 10.2. The summed E-state index contributed by atoms with van der Waals surface area (Å²) in [4.78, 5) is 8.78. The lowest BCUT2D eigenvalue weighted by Gasteiger charge is -2.34. The summed E-state index contributed by atoms with van der Waals surface area (Å²) in [6.45, 7) is 4.12. The molecule has 1 aromatic heterocycles. The number of nitrogens with zero attached hydrogens (tertiary/aromatic N) is 3. The zero-order valence-electron chi connectivity index (χ0n) is 9.81. The molecule has 0 atom stereocenters. The van der Waals surface area contributed by atoms with Crippen molar-refractivity contribution < 1.29 is 4.74 Å². The predicted octanol–water partition coefficient (Wildman–Crippen LogP) is 0.424. The maximum Gasteiger partial charge on any atom is 0.239 e. The summed E-state index contributed by atoms with van der Waals surface area (Å²) >= 11 is 0. The molecule has 1 fully saturated rings. The number of hydrogen-bond acceptors (Lipinski definition) is 5. The molecule has 0 saturated carbocycles. The summed E-state index contributed by atoms with van der Waals surface area (Å²) in [5, 5.41) is 0. The first-order chi connectivity index (χ1) is 7.70. The third kappa shape index (κ3) is 2.19. The third-order valence-corrected chi connectivity index (χ3v) is 2.90.